The molecule has 82 valence electrons. The van der Waals surface area contributed by atoms with Crippen molar-refractivity contribution in [1.82, 2.24) is 25.1 Å². The predicted molar refractivity (Wildman–Crippen MR) is 60.1 cm³/mol. The molecule has 0 amide bonds. The lowest BCUT2D eigenvalue weighted by Crippen LogP contribution is -2.23. The zero-order valence-corrected chi connectivity index (χ0v) is 9.79. The van der Waals surface area contributed by atoms with Gasteiger partial charge in [-0.1, -0.05) is 25.2 Å². The van der Waals surface area contributed by atoms with E-state index in [1.165, 1.54) is 0 Å². The Morgan fingerprint density at radius 3 is 3.13 bits per heavy atom. The van der Waals surface area contributed by atoms with Gasteiger partial charge in [0.05, 0.1) is 0 Å². The van der Waals surface area contributed by atoms with Gasteiger partial charge in [0.1, 0.15) is 11.3 Å². The summed E-state index contributed by atoms with van der Waals surface area (Å²) in [7, 11) is 0. The van der Waals surface area contributed by atoms with Crippen LogP contribution in [0.1, 0.15) is 25.3 Å². The predicted octanol–water partition coefficient (Wildman–Crippen LogP) is 1.12. The van der Waals surface area contributed by atoms with E-state index in [4.69, 9.17) is 0 Å². The quantitative estimate of drug-likeness (QED) is 0.775. The molecule has 6 heteroatoms. The normalized spacial score (nSPS) is 11.7. The van der Waals surface area contributed by atoms with E-state index in [-0.39, 0.29) is 0 Å². The van der Waals surface area contributed by atoms with Gasteiger partial charge >= 0.3 is 0 Å². The van der Waals surface area contributed by atoms with Crippen LogP contribution in [0.4, 0.5) is 0 Å². The zero-order valence-electron chi connectivity index (χ0n) is 8.97. The van der Waals surface area contributed by atoms with Crippen LogP contribution in [0.5, 0.6) is 0 Å². The second-order valence-electron chi connectivity index (χ2n) is 3.77. The largest absolute Gasteiger partial charge is 0.315 e. The molecule has 0 saturated carbocycles. The summed E-state index contributed by atoms with van der Waals surface area (Å²) in [5.74, 6) is 0. The fourth-order valence-electron chi connectivity index (χ4n) is 1.33. The second-order valence-corrected chi connectivity index (χ2v) is 4.81. The van der Waals surface area contributed by atoms with Gasteiger partial charge in [-0.15, -0.1) is 10.2 Å². The van der Waals surface area contributed by atoms with Crippen LogP contribution in [-0.4, -0.2) is 32.4 Å². The van der Waals surface area contributed by atoms with Crippen molar-refractivity contribution in [1.29, 1.82) is 0 Å². The van der Waals surface area contributed by atoms with Gasteiger partial charge in [-0.2, -0.15) is 9.61 Å². The van der Waals surface area contributed by atoms with E-state index >= 15 is 0 Å². The van der Waals surface area contributed by atoms with Crippen molar-refractivity contribution in [3.8, 4) is 0 Å². The Kier molecular flexibility index (Phi) is 3.27. The third kappa shape index (κ3) is 2.73. The molecule has 2 heterocycles. The van der Waals surface area contributed by atoms with Crippen molar-refractivity contribution in [2.75, 3.05) is 6.54 Å². The maximum atomic E-state index is 4.37. The van der Waals surface area contributed by atoms with Crippen LogP contribution in [0.2, 0.25) is 0 Å². The van der Waals surface area contributed by atoms with E-state index in [0.29, 0.717) is 6.04 Å². The summed E-state index contributed by atoms with van der Waals surface area (Å²) in [6.07, 6.45) is 3.76. The monoisotopic (exact) mass is 225 g/mol. The third-order valence-electron chi connectivity index (χ3n) is 2.05. The van der Waals surface area contributed by atoms with Gasteiger partial charge in [0, 0.05) is 12.5 Å². The first-order valence-electron chi connectivity index (χ1n) is 5.15. The van der Waals surface area contributed by atoms with Gasteiger partial charge in [0.25, 0.3) is 0 Å². The third-order valence-corrected chi connectivity index (χ3v) is 3.02. The Morgan fingerprint density at radius 1 is 1.53 bits per heavy atom. The van der Waals surface area contributed by atoms with Crippen LogP contribution in [0, 0.1) is 0 Å². The number of fused-ring (bicyclic) bond motifs is 1. The smallest absolute Gasteiger partial charge is 0.234 e. The van der Waals surface area contributed by atoms with Crippen molar-refractivity contribution in [3.63, 3.8) is 0 Å². The first-order chi connectivity index (χ1) is 7.25. The molecule has 0 bridgehead atoms. The molecular weight excluding hydrogens is 210 g/mol. The fourth-order valence-corrected chi connectivity index (χ4v) is 2.19. The molecule has 0 saturated heterocycles. The highest BCUT2D eigenvalue weighted by atomic mass is 32.1. The number of hydrogen-bond donors (Lipinski definition) is 1. The Morgan fingerprint density at radius 2 is 2.40 bits per heavy atom. The summed E-state index contributed by atoms with van der Waals surface area (Å²) in [4.78, 5) is 0.877. The average molecular weight is 225 g/mol. The van der Waals surface area contributed by atoms with Crippen LogP contribution in [0.25, 0.3) is 4.96 Å². The van der Waals surface area contributed by atoms with Crippen molar-refractivity contribution in [3.05, 3.63) is 11.3 Å². The molecular formula is C9H15N5S. The number of nitrogens with zero attached hydrogens (tertiary/aromatic N) is 4. The van der Waals surface area contributed by atoms with Crippen molar-refractivity contribution in [2.24, 2.45) is 0 Å². The lowest BCUT2D eigenvalue weighted by molar-refractivity contribution is 0.569. The van der Waals surface area contributed by atoms with Crippen LogP contribution in [-0.2, 0) is 6.42 Å². The minimum absolute atomic E-state index is 0.558. The molecule has 2 aromatic rings. The average Bonchev–Trinajstić information content (AvgIpc) is 2.71. The van der Waals surface area contributed by atoms with E-state index in [1.807, 2.05) is 0 Å². The van der Waals surface area contributed by atoms with E-state index in [9.17, 15) is 0 Å². The number of rotatable bonds is 5. The van der Waals surface area contributed by atoms with E-state index in [2.05, 4.69) is 34.5 Å². The summed E-state index contributed by atoms with van der Waals surface area (Å²) in [6, 6.07) is 0.558. The fraction of sp³-hybridized carbons (Fsp3) is 0.667. The molecule has 0 unspecified atom stereocenters. The molecule has 0 aliphatic rings. The lowest BCUT2D eigenvalue weighted by Gasteiger charge is -2.05. The molecule has 2 rings (SSSR count). The number of hydrogen-bond acceptors (Lipinski definition) is 5. The van der Waals surface area contributed by atoms with E-state index < -0.39 is 0 Å². The molecule has 0 aromatic carbocycles. The van der Waals surface area contributed by atoms with Gasteiger partial charge in [-0.05, 0) is 13.0 Å². The van der Waals surface area contributed by atoms with E-state index in [1.54, 1.807) is 22.2 Å². The molecule has 0 aliphatic heterocycles. The lowest BCUT2D eigenvalue weighted by atomic mass is 10.3. The highest BCUT2D eigenvalue weighted by Gasteiger charge is 2.04. The van der Waals surface area contributed by atoms with Crippen molar-refractivity contribution in [2.45, 2.75) is 32.7 Å². The summed E-state index contributed by atoms with van der Waals surface area (Å²) in [5, 5.41) is 16.6. The maximum absolute atomic E-state index is 4.37. The summed E-state index contributed by atoms with van der Waals surface area (Å²) in [5.41, 5.74) is 0. The summed E-state index contributed by atoms with van der Waals surface area (Å²) in [6.45, 7) is 5.35. The molecule has 0 spiro atoms. The molecule has 0 aliphatic carbocycles. The Hall–Kier alpha value is -1.01. The second kappa shape index (κ2) is 4.67. The molecule has 5 nitrogen and oxygen atoms in total. The molecule has 0 fully saturated rings. The number of nitrogens with one attached hydrogen (secondary N) is 1. The highest BCUT2D eigenvalue weighted by molar-refractivity contribution is 7.16. The molecule has 15 heavy (non-hydrogen) atoms. The first kappa shape index (κ1) is 10.5. The van der Waals surface area contributed by atoms with E-state index in [0.717, 1.165) is 29.4 Å². The minimum Gasteiger partial charge on any atom is -0.315 e. The Labute approximate surface area is 92.5 Å². The van der Waals surface area contributed by atoms with Crippen LogP contribution >= 0.6 is 11.3 Å². The molecule has 1 N–H and O–H groups in total. The Bertz CT molecular complexity index is 390. The molecule has 0 radical (unpaired) electrons. The van der Waals surface area contributed by atoms with Gasteiger partial charge in [-0.25, -0.2) is 0 Å². The zero-order chi connectivity index (χ0) is 10.7. The minimum atomic E-state index is 0.558. The van der Waals surface area contributed by atoms with Crippen LogP contribution in [0.15, 0.2) is 6.33 Å². The SMILES string of the molecule is CC(C)NCCCc1nn2cnnc2s1. The molecule has 2 aromatic heterocycles. The standard InChI is InChI=1S/C9H15N5S/c1-7(2)10-5-3-4-8-13-14-6-11-12-9(14)15-8/h6-7,10H,3-5H2,1-2H3. The summed E-state index contributed by atoms with van der Waals surface area (Å²) >= 11 is 1.61. The maximum Gasteiger partial charge on any atom is 0.234 e. The van der Waals surface area contributed by atoms with Crippen molar-refractivity contribution < 1.29 is 0 Å². The number of aromatic nitrogens is 4. The van der Waals surface area contributed by atoms with Crippen LogP contribution < -0.4 is 5.32 Å². The van der Waals surface area contributed by atoms with Gasteiger partial charge in [0.2, 0.25) is 4.96 Å². The van der Waals surface area contributed by atoms with Crippen LogP contribution in [0.3, 0.4) is 0 Å². The highest BCUT2D eigenvalue weighted by Crippen LogP contribution is 2.12. The topological polar surface area (TPSA) is 55.1 Å². The van der Waals surface area contributed by atoms with Crippen molar-refractivity contribution >= 4 is 16.3 Å². The van der Waals surface area contributed by atoms with Gasteiger partial charge in [0.15, 0.2) is 0 Å². The van der Waals surface area contributed by atoms with Gasteiger partial charge < -0.3 is 5.32 Å². The van der Waals surface area contributed by atoms with Gasteiger partial charge in [-0.3, -0.25) is 0 Å². The summed E-state index contributed by atoms with van der Waals surface area (Å²) < 4.78 is 1.73. The first-order valence-corrected chi connectivity index (χ1v) is 5.96. The number of aryl methyl sites for hydroxylation is 1. The molecule has 0 atom stereocenters. The Balaban J connectivity index is 1.82.